The molecule has 1 aliphatic rings. The molecule has 0 spiro atoms. The molecule has 3 aromatic heterocycles. The summed E-state index contributed by atoms with van der Waals surface area (Å²) < 4.78 is 66.4. The minimum atomic E-state index is -4.71. The highest BCUT2D eigenvalue weighted by atomic mass is 32.2. The number of hydrogen-bond acceptors (Lipinski definition) is 5. The summed E-state index contributed by atoms with van der Waals surface area (Å²) in [6.07, 6.45) is 0.816. The maximum atomic E-state index is 12.7. The van der Waals surface area contributed by atoms with E-state index in [1.54, 1.807) is 23.1 Å². The van der Waals surface area contributed by atoms with E-state index in [0.29, 0.717) is 28.0 Å². The second-order valence-electron chi connectivity index (χ2n) is 7.43. The molecule has 0 aromatic carbocycles. The highest BCUT2D eigenvalue weighted by molar-refractivity contribution is 7.89. The molecule has 0 aliphatic heterocycles. The van der Waals surface area contributed by atoms with Crippen molar-refractivity contribution in [1.82, 2.24) is 19.3 Å². The highest BCUT2D eigenvalue weighted by Gasteiger charge is 2.39. The minimum Gasteiger partial charge on any atom is -0.320 e. The number of rotatable bonds is 5. The molecule has 1 aliphatic carbocycles. The summed E-state index contributed by atoms with van der Waals surface area (Å²) in [4.78, 5) is 8.22. The van der Waals surface area contributed by atoms with Crippen LogP contribution in [0.4, 0.5) is 13.2 Å². The molecule has 4 rings (SSSR count). The second kappa shape index (κ2) is 7.62. The number of sulfonamides is 1. The van der Waals surface area contributed by atoms with E-state index in [1.807, 2.05) is 4.57 Å². The largest absolute Gasteiger partial charge is 0.404 e. The van der Waals surface area contributed by atoms with Gasteiger partial charge in [-0.2, -0.15) is 23.2 Å². The first-order valence-electron chi connectivity index (χ1n) is 9.58. The van der Waals surface area contributed by atoms with Gasteiger partial charge in [0.25, 0.3) is 0 Å². The molecular weight excluding hydrogens is 431 g/mol. The Hall–Kier alpha value is -2.97. The lowest BCUT2D eigenvalue weighted by Gasteiger charge is -2.29. The first-order valence-corrected chi connectivity index (χ1v) is 11.1. The summed E-state index contributed by atoms with van der Waals surface area (Å²) in [5, 5.41) is 10.5. The Morgan fingerprint density at radius 2 is 2.00 bits per heavy atom. The zero-order valence-electron chi connectivity index (χ0n) is 16.4. The first kappa shape index (κ1) is 21.3. The van der Waals surface area contributed by atoms with Gasteiger partial charge in [-0.3, -0.25) is 4.98 Å². The summed E-state index contributed by atoms with van der Waals surface area (Å²) >= 11 is 0. The molecule has 0 bridgehead atoms. The summed E-state index contributed by atoms with van der Waals surface area (Å²) in [7, 11) is -4.42. The van der Waals surface area contributed by atoms with Gasteiger partial charge in [-0.15, -0.1) is 0 Å². The molecule has 0 saturated heterocycles. The number of nitriles is 1. The first-order chi connectivity index (χ1) is 14.6. The van der Waals surface area contributed by atoms with Crippen LogP contribution in [-0.2, 0) is 10.0 Å². The molecule has 0 amide bonds. The Morgan fingerprint density at radius 1 is 1.26 bits per heavy atom. The molecule has 7 nitrogen and oxygen atoms in total. The van der Waals surface area contributed by atoms with E-state index in [4.69, 9.17) is 0 Å². The number of hydrogen-bond donors (Lipinski definition) is 1. The van der Waals surface area contributed by atoms with Crippen molar-refractivity contribution in [3.8, 4) is 17.5 Å². The maximum absolute atomic E-state index is 12.7. The molecule has 162 valence electrons. The van der Waals surface area contributed by atoms with Crippen LogP contribution in [0.3, 0.4) is 0 Å². The Kier molecular flexibility index (Phi) is 5.23. The van der Waals surface area contributed by atoms with Gasteiger partial charge in [0.1, 0.15) is 22.7 Å². The molecule has 0 radical (unpaired) electrons. The van der Waals surface area contributed by atoms with Crippen molar-refractivity contribution in [3.63, 3.8) is 0 Å². The van der Waals surface area contributed by atoms with E-state index in [-0.39, 0.29) is 6.04 Å². The van der Waals surface area contributed by atoms with Crippen LogP contribution in [0.15, 0.2) is 41.6 Å². The molecule has 31 heavy (non-hydrogen) atoms. The van der Waals surface area contributed by atoms with Gasteiger partial charge in [0, 0.05) is 23.8 Å². The highest BCUT2D eigenvalue weighted by Crippen LogP contribution is 2.41. The van der Waals surface area contributed by atoms with Crippen molar-refractivity contribution < 1.29 is 21.6 Å². The lowest BCUT2D eigenvalue weighted by Crippen LogP contribution is -2.42. The van der Waals surface area contributed by atoms with Gasteiger partial charge in [0.15, 0.2) is 0 Å². The molecule has 1 saturated carbocycles. The Bertz CT molecular complexity index is 1270. The van der Waals surface area contributed by atoms with Crippen LogP contribution in [0.25, 0.3) is 22.4 Å². The van der Waals surface area contributed by atoms with Gasteiger partial charge in [-0.1, -0.05) is 0 Å². The zero-order valence-corrected chi connectivity index (χ0v) is 17.2. The fraction of sp³-hybridized carbons (Fsp3) is 0.350. The zero-order chi connectivity index (χ0) is 22.4. The van der Waals surface area contributed by atoms with Crippen LogP contribution >= 0.6 is 0 Å². The third-order valence-corrected chi connectivity index (χ3v) is 6.95. The fourth-order valence-corrected chi connectivity index (χ4v) is 4.72. The van der Waals surface area contributed by atoms with Crippen molar-refractivity contribution in [2.45, 2.75) is 49.3 Å². The van der Waals surface area contributed by atoms with E-state index in [9.17, 15) is 26.9 Å². The second-order valence-corrected chi connectivity index (χ2v) is 9.14. The minimum absolute atomic E-state index is 0.147. The lowest BCUT2D eigenvalue weighted by atomic mass is 9.92. The number of pyridine rings is 2. The smallest absolute Gasteiger partial charge is 0.320 e. The summed E-state index contributed by atoms with van der Waals surface area (Å²) in [5.41, 5.74) is 1.91. The molecule has 0 unspecified atom stereocenters. The van der Waals surface area contributed by atoms with Crippen LogP contribution in [0, 0.1) is 11.3 Å². The topological polar surface area (TPSA) is 101 Å². The van der Waals surface area contributed by atoms with Crippen molar-refractivity contribution in [1.29, 1.82) is 5.26 Å². The van der Waals surface area contributed by atoms with Crippen molar-refractivity contribution in [2.24, 2.45) is 0 Å². The summed E-state index contributed by atoms with van der Waals surface area (Å²) in [6.45, 7) is 0.725. The quantitative estimate of drug-likeness (QED) is 0.636. The monoisotopic (exact) mass is 449 g/mol. The Balaban J connectivity index is 1.78. The van der Waals surface area contributed by atoms with E-state index in [2.05, 4.69) is 16.0 Å². The van der Waals surface area contributed by atoms with Crippen molar-refractivity contribution >= 4 is 21.1 Å². The van der Waals surface area contributed by atoms with Crippen LogP contribution in [-0.4, -0.2) is 35.2 Å². The van der Waals surface area contributed by atoms with E-state index in [0.717, 1.165) is 32.4 Å². The molecule has 1 fully saturated rings. The van der Waals surface area contributed by atoms with Gasteiger partial charge in [0.2, 0.25) is 10.0 Å². The van der Waals surface area contributed by atoms with Gasteiger partial charge >= 0.3 is 6.18 Å². The molecular formula is C20H18F3N5O2S. The number of halogens is 3. The standard InChI is InChI=1S/C20H18F3N5O2S/c1-12(20(21,22)23)27-31(29,30)14-7-8-17(26-11-14)18-16(10-24)15-6-3-9-25-19(15)28(18)13-4-2-5-13/h3,6-9,11-13,27H,2,4-5H2,1H3/t12-/m0/s1. The van der Waals surface area contributed by atoms with Crippen LogP contribution in [0.1, 0.15) is 37.8 Å². The molecule has 3 heterocycles. The van der Waals surface area contributed by atoms with Gasteiger partial charge in [-0.05, 0) is 50.5 Å². The van der Waals surface area contributed by atoms with E-state index < -0.39 is 27.1 Å². The average molecular weight is 449 g/mol. The normalized spacial score (nSPS) is 16.1. The third kappa shape index (κ3) is 3.77. The van der Waals surface area contributed by atoms with Crippen LogP contribution in [0.5, 0.6) is 0 Å². The molecule has 1 N–H and O–H groups in total. The molecule has 1 atom stereocenters. The predicted molar refractivity (Wildman–Crippen MR) is 106 cm³/mol. The molecule has 3 aromatic rings. The number of fused-ring (bicyclic) bond motifs is 1. The maximum Gasteiger partial charge on any atom is 0.404 e. The number of nitrogens with zero attached hydrogens (tertiary/aromatic N) is 4. The van der Waals surface area contributed by atoms with Gasteiger partial charge in [-0.25, -0.2) is 13.4 Å². The number of alkyl halides is 3. The van der Waals surface area contributed by atoms with Gasteiger partial charge in [0.05, 0.1) is 17.0 Å². The van der Waals surface area contributed by atoms with Crippen LogP contribution < -0.4 is 4.72 Å². The fourth-order valence-electron chi connectivity index (χ4n) is 3.55. The van der Waals surface area contributed by atoms with Crippen molar-refractivity contribution in [2.75, 3.05) is 0 Å². The lowest BCUT2D eigenvalue weighted by molar-refractivity contribution is -0.147. The Morgan fingerprint density at radius 3 is 2.55 bits per heavy atom. The van der Waals surface area contributed by atoms with Crippen LogP contribution in [0.2, 0.25) is 0 Å². The predicted octanol–water partition coefficient (Wildman–Crippen LogP) is 3.92. The summed E-state index contributed by atoms with van der Waals surface area (Å²) in [5.74, 6) is 0. The Labute approximate surface area is 176 Å². The van der Waals surface area contributed by atoms with Crippen molar-refractivity contribution in [3.05, 3.63) is 42.2 Å². The third-order valence-electron chi connectivity index (χ3n) is 5.43. The number of aromatic nitrogens is 3. The number of nitrogens with one attached hydrogen (secondary N) is 1. The van der Waals surface area contributed by atoms with E-state index >= 15 is 0 Å². The molecule has 11 heteroatoms. The van der Waals surface area contributed by atoms with E-state index in [1.165, 1.54) is 12.1 Å². The summed E-state index contributed by atoms with van der Waals surface area (Å²) in [6, 6.07) is 6.21. The average Bonchev–Trinajstić information content (AvgIpc) is 3.00. The van der Waals surface area contributed by atoms with Gasteiger partial charge < -0.3 is 4.57 Å². The SMILES string of the molecule is C[C@H](NS(=O)(=O)c1ccc(-c2c(C#N)c3cccnc3n2C2CCC2)nc1)C(F)(F)F.